The number of imide groups is 2. The first kappa shape index (κ1) is 20.4. The van der Waals surface area contributed by atoms with Crippen LogP contribution in [0.5, 0.6) is 5.75 Å². The Balaban J connectivity index is 1.47. The van der Waals surface area contributed by atoms with E-state index in [4.69, 9.17) is 20.8 Å². The molecule has 8 heteroatoms. The highest BCUT2D eigenvalue weighted by molar-refractivity contribution is 6.31. The van der Waals surface area contributed by atoms with Crippen molar-refractivity contribution in [3.63, 3.8) is 0 Å². The zero-order valence-electron chi connectivity index (χ0n) is 16.2. The van der Waals surface area contributed by atoms with Crippen LogP contribution in [0.4, 0.5) is 4.79 Å². The standard InChI is InChI=1S/C23H17ClN2O5/c24-20-6-2-1-4-16(20)14-31-17-9-7-15(8-10-17)12-19-21(27)25-23(29)26(22(19)28)13-18-5-3-11-30-18/h1-12H,13-14H2,(H,25,27,29). The molecule has 2 aromatic carbocycles. The molecule has 4 amide bonds. The Bertz CT molecular complexity index is 1150. The van der Waals surface area contributed by atoms with Crippen LogP contribution < -0.4 is 10.1 Å². The van der Waals surface area contributed by atoms with E-state index >= 15 is 0 Å². The molecule has 0 atom stereocenters. The number of hydrogen-bond acceptors (Lipinski definition) is 5. The van der Waals surface area contributed by atoms with Crippen molar-refractivity contribution in [2.75, 3.05) is 0 Å². The Morgan fingerprint density at radius 2 is 1.77 bits per heavy atom. The molecule has 0 saturated carbocycles. The predicted molar refractivity (Wildman–Crippen MR) is 113 cm³/mol. The van der Waals surface area contributed by atoms with Crippen molar-refractivity contribution >= 4 is 35.5 Å². The van der Waals surface area contributed by atoms with Crippen LogP contribution >= 0.6 is 11.6 Å². The van der Waals surface area contributed by atoms with Crippen molar-refractivity contribution in [1.29, 1.82) is 0 Å². The quantitative estimate of drug-likeness (QED) is 0.462. The Morgan fingerprint density at radius 1 is 1.00 bits per heavy atom. The number of rotatable bonds is 6. The van der Waals surface area contributed by atoms with Gasteiger partial charge in [0, 0.05) is 10.6 Å². The van der Waals surface area contributed by atoms with Crippen LogP contribution in [-0.4, -0.2) is 22.7 Å². The fourth-order valence-corrected chi connectivity index (χ4v) is 3.19. The first-order chi connectivity index (χ1) is 15.0. The number of hydrogen-bond donors (Lipinski definition) is 1. The Morgan fingerprint density at radius 3 is 2.48 bits per heavy atom. The fourth-order valence-electron chi connectivity index (χ4n) is 3.00. The lowest BCUT2D eigenvalue weighted by molar-refractivity contribution is -0.130. The molecular weight excluding hydrogens is 420 g/mol. The molecule has 2 heterocycles. The second-order valence-electron chi connectivity index (χ2n) is 6.74. The lowest BCUT2D eigenvalue weighted by Crippen LogP contribution is -2.53. The summed E-state index contributed by atoms with van der Waals surface area (Å²) < 4.78 is 10.9. The highest BCUT2D eigenvalue weighted by atomic mass is 35.5. The second kappa shape index (κ2) is 8.89. The Hall–Kier alpha value is -3.84. The number of halogens is 1. The molecule has 0 bridgehead atoms. The van der Waals surface area contributed by atoms with Crippen LogP contribution in [0.15, 0.2) is 76.9 Å². The zero-order valence-corrected chi connectivity index (χ0v) is 17.0. The number of carbonyl (C=O) groups excluding carboxylic acids is 3. The molecule has 7 nitrogen and oxygen atoms in total. The van der Waals surface area contributed by atoms with Gasteiger partial charge in [0.25, 0.3) is 11.8 Å². The maximum atomic E-state index is 12.7. The minimum Gasteiger partial charge on any atom is -0.489 e. The lowest BCUT2D eigenvalue weighted by Gasteiger charge is -2.25. The van der Waals surface area contributed by atoms with Gasteiger partial charge < -0.3 is 9.15 Å². The van der Waals surface area contributed by atoms with E-state index in [2.05, 4.69) is 5.32 Å². The third-order valence-corrected chi connectivity index (χ3v) is 4.99. The van der Waals surface area contributed by atoms with Gasteiger partial charge in [-0.1, -0.05) is 41.9 Å². The van der Waals surface area contributed by atoms with Gasteiger partial charge in [0.15, 0.2) is 0 Å². The van der Waals surface area contributed by atoms with Crippen LogP contribution in [0.3, 0.4) is 0 Å². The number of ether oxygens (including phenoxy) is 1. The molecule has 156 valence electrons. The molecule has 1 aliphatic heterocycles. The molecule has 3 aromatic rings. The van der Waals surface area contributed by atoms with Crippen molar-refractivity contribution in [3.05, 3.63) is 94.4 Å². The molecule has 31 heavy (non-hydrogen) atoms. The number of amides is 4. The molecule has 1 aliphatic rings. The number of urea groups is 1. The fraction of sp³-hybridized carbons (Fsp3) is 0.0870. The molecule has 4 rings (SSSR count). The summed E-state index contributed by atoms with van der Waals surface area (Å²) >= 11 is 6.13. The molecule has 1 N–H and O–H groups in total. The summed E-state index contributed by atoms with van der Waals surface area (Å²) in [6.45, 7) is 0.238. The normalized spacial score (nSPS) is 15.3. The van der Waals surface area contributed by atoms with E-state index in [0.29, 0.717) is 28.7 Å². The van der Waals surface area contributed by atoms with E-state index in [1.165, 1.54) is 12.3 Å². The summed E-state index contributed by atoms with van der Waals surface area (Å²) in [7, 11) is 0. The van der Waals surface area contributed by atoms with E-state index in [0.717, 1.165) is 10.5 Å². The van der Waals surface area contributed by atoms with Crippen LogP contribution in [-0.2, 0) is 22.7 Å². The summed E-state index contributed by atoms with van der Waals surface area (Å²) in [5.74, 6) is -0.401. The minimum atomic E-state index is -0.785. The molecule has 0 unspecified atom stereocenters. The van der Waals surface area contributed by atoms with Crippen LogP contribution in [0.2, 0.25) is 5.02 Å². The molecule has 0 aliphatic carbocycles. The molecule has 0 radical (unpaired) electrons. The minimum absolute atomic E-state index is 0.0723. The van der Waals surface area contributed by atoms with Crippen molar-refractivity contribution < 1.29 is 23.5 Å². The monoisotopic (exact) mass is 436 g/mol. The van der Waals surface area contributed by atoms with Gasteiger partial charge in [0.1, 0.15) is 23.7 Å². The third kappa shape index (κ3) is 4.67. The van der Waals surface area contributed by atoms with Gasteiger partial charge in [-0.05, 0) is 42.0 Å². The van der Waals surface area contributed by atoms with Gasteiger partial charge in [-0.3, -0.25) is 19.8 Å². The van der Waals surface area contributed by atoms with Crippen LogP contribution in [0, 0.1) is 0 Å². The number of nitrogens with zero attached hydrogens (tertiary/aromatic N) is 1. The number of benzene rings is 2. The Kier molecular flexibility index (Phi) is 5.86. The van der Waals surface area contributed by atoms with E-state index < -0.39 is 17.8 Å². The van der Waals surface area contributed by atoms with Gasteiger partial charge >= 0.3 is 6.03 Å². The average Bonchev–Trinajstić information content (AvgIpc) is 3.28. The molecule has 0 spiro atoms. The summed E-state index contributed by atoms with van der Waals surface area (Å²) in [6.07, 6.45) is 2.87. The lowest BCUT2D eigenvalue weighted by atomic mass is 10.1. The number of carbonyl (C=O) groups is 3. The summed E-state index contributed by atoms with van der Waals surface area (Å²) in [4.78, 5) is 37.9. The molecular formula is C23H17ClN2O5. The SMILES string of the molecule is O=C1NC(=O)N(Cc2ccco2)C(=O)C1=Cc1ccc(OCc2ccccc2Cl)cc1. The van der Waals surface area contributed by atoms with Crippen LogP contribution in [0.1, 0.15) is 16.9 Å². The maximum absolute atomic E-state index is 12.7. The highest BCUT2D eigenvalue weighted by Crippen LogP contribution is 2.21. The van der Waals surface area contributed by atoms with E-state index in [-0.39, 0.29) is 12.1 Å². The predicted octanol–water partition coefficient (Wildman–Crippen LogP) is 4.17. The topological polar surface area (TPSA) is 88.9 Å². The summed E-state index contributed by atoms with van der Waals surface area (Å²) in [6, 6.07) is 16.8. The first-order valence-electron chi connectivity index (χ1n) is 9.39. The molecule has 1 aromatic heterocycles. The number of nitrogens with one attached hydrogen (secondary N) is 1. The summed E-state index contributed by atoms with van der Waals surface area (Å²) in [5.41, 5.74) is 1.33. The van der Waals surface area contributed by atoms with Gasteiger partial charge in [-0.25, -0.2) is 4.79 Å². The third-order valence-electron chi connectivity index (χ3n) is 4.62. The average molecular weight is 437 g/mol. The van der Waals surface area contributed by atoms with E-state index in [1.54, 1.807) is 42.5 Å². The van der Waals surface area contributed by atoms with E-state index in [1.807, 2.05) is 18.2 Å². The van der Waals surface area contributed by atoms with Crippen molar-refractivity contribution in [2.24, 2.45) is 0 Å². The Labute approximate surface area is 182 Å². The van der Waals surface area contributed by atoms with Crippen molar-refractivity contribution in [3.8, 4) is 5.75 Å². The van der Waals surface area contributed by atoms with Crippen LogP contribution in [0.25, 0.3) is 6.08 Å². The molecule has 1 saturated heterocycles. The smallest absolute Gasteiger partial charge is 0.331 e. The van der Waals surface area contributed by atoms with E-state index in [9.17, 15) is 14.4 Å². The number of barbiturate groups is 1. The zero-order chi connectivity index (χ0) is 21.8. The van der Waals surface area contributed by atoms with Crippen molar-refractivity contribution in [2.45, 2.75) is 13.2 Å². The van der Waals surface area contributed by atoms with Crippen molar-refractivity contribution in [1.82, 2.24) is 10.2 Å². The van der Waals surface area contributed by atoms with Gasteiger partial charge in [-0.15, -0.1) is 0 Å². The largest absolute Gasteiger partial charge is 0.489 e. The first-order valence-corrected chi connectivity index (χ1v) is 9.76. The second-order valence-corrected chi connectivity index (χ2v) is 7.14. The molecule has 1 fully saturated rings. The van der Waals surface area contributed by atoms with Gasteiger partial charge in [0.05, 0.1) is 12.8 Å². The number of furan rings is 1. The maximum Gasteiger partial charge on any atom is 0.331 e. The van der Waals surface area contributed by atoms with Gasteiger partial charge in [0.2, 0.25) is 0 Å². The summed E-state index contributed by atoms with van der Waals surface area (Å²) in [5, 5.41) is 2.80. The van der Waals surface area contributed by atoms with Gasteiger partial charge in [-0.2, -0.15) is 0 Å². The highest BCUT2D eigenvalue weighted by Gasteiger charge is 2.36.